The largest absolute Gasteiger partial charge is 0.493 e. The van der Waals surface area contributed by atoms with Gasteiger partial charge in [-0.15, -0.1) is 0 Å². The number of aryl methyl sites for hydroxylation is 1. The first-order valence-corrected chi connectivity index (χ1v) is 10.4. The number of hydrogen-bond acceptors (Lipinski definition) is 7. The third kappa shape index (κ3) is 3.95. The fourth-order valence-corrected chi connectivity index (χ4v) is 4.19. The standard InChI is InChI=1S/C24H25N3O5/c1-14-26-18-6-4-5-17(25-13-15-7-10-21(31-2)22(11-15)32-3)23(18)24(30)27(14)19-9-8-16(28)12-20(19)29/h4-7,10-11,19,25H,8-9,12-13H2,1-3H3. The van der Waals surface area contributed by atoms with Crippen LogP contribution < -0.4 is 20.3 Å². The highest BCUT2D eigenvalue weighted by atomic mass is 16.5. The third-order valence-corrected chi connectivity index (χ3v) is 5.79. The minimum Gasteiger partial charge on any atom is -0.493 e. The highest BCUT2D eigenvalue weighted by Crippen LogP contribution is 2.29. The molecule has 4 rings (SSSR count). The summed E-state index contributed by atoms with van der Waals surface area (Å²) in [6, 6.07) is 10.4. The normalized spacial score (nSPS) is 16.3. The van der Waals surface area contributed by atoms with Crippen LogP contribution in [0, 0.1) is 6.92 Å². The van der Waals surface area contributed by atoms with E-state index in [0.717, 1.165) is 5.56 Å². The second kappa shape index (κ2) is 8.82. The number of Topliss-reactive ketones (excluding diaryl/α,β-unsaturated/α-hetero) is 2. The van der Waals surface area contributed by atoms with Crippen LogP contribution in [0.25, 0.3) is 10.9 Å². The number of hydrogen-bond donors (Lipinski definition) is 1. The molecule has 1 aliphatic carbocycles. The maximum atomic E-state index is 13.5. The summed E-state index contributed by atoms with van der Waals surface area (Å²) in [5, 5.41) is 3.73. The van der Waals surface area contributed by atoms with Crippen LogP contribution in [0.15, 0.2) is 41.2 Å². The molecule has 0 amide bonds. The molecule has 0 spiro atoms. The lowest BCUT2D eigenvalue weighted by Gasteiger charge is -2.24. The maximum Gasteiger partial charge on any atom is 0.264 e. The van der Waals surface area contributed by atoms with E-state index in [2.05, 4.69) is 10.3 Å². The Morgan fingerprint density at radius 2 is 1.88 bits per heavy atom. The van der Waals surface area contributed by atoms with Gasteiger partial charge in [0.25, 0.3) is 5.56 Å². The van der Waals surface area contributed by atoms with E-state index < -0.39 is 6.04 Å². The molecule has 1 fully saturated rings. The smallest absolute Gasteiger partial charge is 0.264 e. The summed E-state index contributed by atoms with van der Waals surface area (Å²) in [4.78, 5) is 42.2. The van der Waals surface area contributed by atoms with E-state index in [4.69, 9.17) is 9.47 Å². The van der Waals surface area contributed by atoms with Crippen molar-refractivity contribution < 1.29 is 19.1 Å². The first-order valence-electron chi connectivity index (χ1n) is 10.4. The van der Waals surface area contributed by atoms with Gasteiger partial charge in [0.15, 0.2) is 17.3 Å². The fraction of sp³-hybridized carbons (Fsp3) is 0.333. The van der Waals surface area contributed by atoms with E-state index in [9.17, 15) is 14.4 Å². The number of carbonyl (C=O) groups excluding carboxylic acids is 2. The monoisotopic (exact) mass is 435 g/mol. The van der Waals surface area contributed by atoms with Crippen molar-refractivity contribution in [3.05, 3.63) is 58.1 Å². The molecule has 1 aromatic heterocycles. The van der Waals surface area contributed by atoms with Crippen LogP contribution in [0.4, 0.5) is 5.69 Å². The lowest BCUT2D eigenvalue weighted by atomic mass is 9.92. The van der Waals surface area contributed by atoms with E-state index in [-0.39, 0.29) is 23.5 Å². The van der Waals surface area contributed by atoms with Gasteiger partial charge in [0.2, 0.25) is 0 Å². The second-order valence-electron chi connectivity index (χ2n) is 7.81. The lowest BCUT2D eigenvalue weighted by Crippen LogP contribution is -2.36. The second-order valence-corrected chi connectivity index (χ2v) is 7.81. The number of nitrogens with zero attached hydrogens (tertiary/aromatic N) is 2. The molecular weight excluding hydrogens is 410 g/mol. The highest BCUT2D eigenvalue weighted by molar-refractivity contribution is 6.03. The van der Waals surface area contributed by atoms with E-state index in [1.54, 1.807) is 27.2 Å². The first kappa shape index (κ1) is 21.5. The lowest BCUT2D eigenvalue weighted by molar-refractivity contribution is -0.132. The predicted molar refractivity (Wildman–Crippen MR) is 121 cm³/mol. The van der Waals surface area contributed by atoms with Crippen molar-refractivity contribution in [2.24, 2.45) is 0 Å². The zero-order chi connectivity index (χ0) is 22.8. The van der Waals surface area contributed by atoms with Gasteiger partial charge in [-0.3, -0.25) is 19.0 Å². The zero-order valence-electron chi connectivity index (χ0n) is 18.3. The molecule has 1 N–H and O–H groups in total. The molecule has 32 heavy (non-hydrogen) atoms. The Morgan fingerprint density at radius 1 is 1.09 bits per heavy atom. The maximum absolute atomic E-state index is 13.5. The van der Waals surface area contributed by atoms with Crippen LogP contribution in [-0.4, -0.2) is 35.3 Å². The van der Waals surface area contributed by atoms with Crippen LogP contribution in [-0.2, 0) is 16.1 Å². The Kier molecular flexibility index (Phi) is 5.94. The molecule has 1 atom stereocenters. The Hall–Kier alpha value is -3.68. The molecule has 2 aromatic carbocycles. The summed E-state index contributed by atoms with van der Waals surface area (Å²) in [6.45, 7) is 2.16. The SMILES string of the molecule is COc1ccc(CNc2cccc3nc(C)n(C4CCC(=O)CC4=O)c(=O)c23)cc1OC. The number of carbonyl (C=O) groups is 2. The molecule has 0 radical (unpaired) electrons. The van der Waals surface area contributed by atoms with Crippen LogP contribution >= 0.6 is 0 Å². The number of ketones is 2. The van der Waals surface area contributed by atoms with Crippen LogP contribution in [0.5, 0.6) is 11.5 Å². The Bertz CT molecular complexity index is 1260. The summed E-state index contributed by atoms with van der Waals surface area (Å²) >= 11 is 0. The van der Waals surface area contributed by atoms with Crippen molar-refractivity contribution in [1.29, 1.82) is 0 Å². The van der Waals surface area contributed by atoms with Gasteiger partial charge in [0.1, 0.15) is 11.6 Å². The molecule has 8 nitrogen and oxygen atoms in total. The minimum absolute atomic E-state index is 0.0806. The highest BCUT2D eigenvalue weighted by Gasteiger charge is 2.31. The summed E-state index contributed by atoms with van der Waals surface area (Å²) in [5.74, 6) is 1.41. The topological polar surface area (TPSA) is 99.5 Å². The molecule has 1 heterocycles. The number of methoxy groups -OCH3 is 2. The molecule has 3 aromatic rings. The predicted octanol–water partition coefficient (Wildman–Crippen LogP) is 3.20. The quantitative estimate of drug-likeness (QED) is 0.594. The van der Waals surface area contributed by atoms with Gasteiger partial charge in [-0.2, -0.15) is 0 Å². The molecule has 0 bridgehead atoms. The van der Waals surface area contributed by atoms with E-state index in [1.807, 2.05) is 30.3 Å². The van der Waals surface area contributed by atoms with E-state index in [1.165, 1.54) is 4.57 Å². The molecule has 1 unspecified atom stereocenters. The van der Waals surface area contributed by atoms with Crippen LogP contribution in [0.2, 0.25) is 0 Å². The number of fused-ring (bicyclic) bond motifs is 1. The molecule has 0 saturated heterocycles. The van der Waals surface area contributed by atoms with Crippen molar-refractivity contribution >= 4 is 28.2 Å². The number of benzene rings is 2. The Balaban J connectivity index is 1.71. The van der Waals surface area contributed by atoms with Gasteiger partial charge in [-0.25, -0.2) is 4.98 Å². The summed E-state index contributed by atoms with van der Waals surface area (Å²) in [5.41, 5.74) is 1.85. The number of anilines is 1. The van der Waals surface area contributed by atoms with Gasteiger partial charge >= 0.3 is 0 Å². The van der Waals surface area contributed by atoms with Crippen LogP contribution in [0.3, 0.4) is 0 Å². The van der Waals surface area contributed by atoms with E-state index >= 15 is 0 Å². The number of aromatic nitrogens is 2. The van der Waals surface area contributed by atoms with Crippen molar-refractivity contribution in [2.75, 3.05) is 19.5 Å². The summed E-state index contributed by atoms with van der Waals surface area (Å²) < 4.78 is 12.1. The van der Waals surface area contributed by atoms with Gasteiger partial charge in [-0.1, -0.05) is 12.1 Å². The van der Waals surface area contributed by atoms with Crippen molar-refractivity contribution in [1.82, 2.24) is 9.55 Å². The van der Waals surface area contributed by atoms with Gasteiger partial charge in [0, 0.05) is 18.7 Å². The minimum atomic E-state index is -0.656. The van der Waals surface area contributed by atoms with Gasteiger partial charge < -0.3 is 14.8 Å². The molecule has 1 saturated carbocycles. The average molecular weight is 435 g/mol. The van der Waals surface area contributed by atoms with Gasteiger partial charge in [-0.05, 0) is 43.2 Å². The molecule has 8 heteroatoms. The summed E-state index contributed by atoms with van der Waals surface area (Å²) in [6.07, 6.45) is 0.486. The third-order valence-electron chi connectivity index (χ3n) is 5.79. The Labute approximate surface area is 185 Å². The van der Waals surface area contributed by atoms with Crippen molar-refractivity contribution in [2.45, 2.75) is 38.8 Å². The Morgan fingerprint density at radius 3 is 2.59 bits per heavy atom. The zero-order valence-corrected chi connectivity index (χ0v) is 18.3. The van der Waals surface area contributed by atoms with Crippen LogP contribution in [0.1, 0.15) is 36.7 Å². The number of rotatable bonds is 6. The van der Waals surface area contributed by atoms with Crippen molar-refractivity contribution in [3.8, 4) is 11.5 Å². The molecule has 1 aliphatic rings. The molecule has 0 aliphatic heterocycles. The molecular formula is C24H25N3O5. The van der Waals surface area contributed by atoms with E-state index in [0.29, 0.717) is 53.3 Å². The summed E-state index contributed by atoms with van der Waals surface area (Å²) in [7, 11) is 3.16. The number of ether oxygens (including phenoxy) is 2. The molecule has 166 valence electrons. The first-order chi connectivity index (χ1) is 15.4. The number of nitrogens with one attached hydrogen (secondary N) is 1. The van der Waals surface area contributed by atoms with Crippen molar-refractivity contribution in [3.63, 3.8) is 0 Å². The fourth-order valence-electron chi connectivity index (χ4n) is 4.19. The van der Waals surface area contributed by atoms with Gasteiger partial charge in [0.05, 0.1) is 37.6 Å². The average Bonchev–Trinajstić information content (AvgIpc) is 2.78.